The molecule has 1 aliphatic carbocycles. The van der Waals surface area contributed by atoms with E-state index in [1.54, 1.807) is 0 Å². The van der Waals surface area contributed by atoms with Gasteiger partial charge in [0.05, 0.1) is 13.0 Å². The second kappa shape index (κ2) is 6.60. The maximum Gasteiger partial charge on any atom is 0.317 e. The minimum atomic E-state index is -0.163. The number of hydrogen-bond donors (Lipinski definition) is 1. The molecule has 5 nitrogen and oxygen atoms in total. The Morgan fingerprint density at radius 2 is 2.13 bits per heavy atom. The third-order valence-electron chi connectivity index (χ3n) is 5.16. The Morgan fingerprint density at radius 3 is 2.83 bits per heavy atom. The molecule has 1 saturated heterocycles. The summed E-state index contributed by atoms with van der Waals surface area (Å²) in [5.41, 5.74) is 2.74. The quantitative estimate of drug-likeness (QED) is 0.870. The summed E-state index contributed by atoms with van der Waals surface area (Å²) in [6, 6.07) is 8.36. The summed E-state index contributed by atoms with van der Waals surface area (Å²) in [6.07, 6.45) is 1.71. The molecule has 1 aliphatic heterocycles. The van der Waals surface area contributed by atoms with Crippen LogP contribution >= 0.6 is 0 Å². The molecule has 0 bridgehead atoms. The summed E-state index contributed by atoms with van der Waals surface area (Å²) in [6.45, 7) is 3.90. The summed E-state index contributed by atoms with van der Waals surface area (Å²) in [5.74, 6) is 0.303. The van der Waals surface area contributed by atoms with Crippen LogP contribution in [0.1, 0.15) is 30.4 Å². The number of nitrogens with one attached hydrogen (secondary N) is 1. The van der Waals surface area contributed by atoms with E-state index in [0.717, 1.165) is 6.42 Å². The van der Waals surface area contributed by atoms with Gasteiger partial charge in [-0.3, -0.25) is 4.79 Å². The number of benzene rings is 1. The van der Waals surface area contributed by atoms with E-state index in [9.17, 15) is 9.59 Å². The van der Waals surface area contributed by atoms with E-state index in [1.165, 1.54) is 18.2 Å². The van der Waals surface area contributed by atoms with Crippen LogP contribution in [0.3, 0.4) is 0 Å². The zero-order valence-electron chi connectivity index (χ0n) is 13.7. The van der Waals surface area contributed by atoms with Crippen LogP contribution in [0.4, 0.5) is 4.79 Å². The lowest BCUT2D eigenvalue weighted by atomic mass is 9.78. The summed E-state index contributed by atoms with van der Waals surface area (Å²) in [4.78, 5) is 25.8. The number of fused-ring (bicyclic) bond motifs is 1. The van der Waals surface area contributed by atoms with Gasteiger partial charge in [-0.2, -0.15) is 0 Å². The number of urea groups is 1. The van der Waals surface area contributed by atoms with E-state index in [4.69, 9.17) is 4.74 Å². The fourth-order valence-electron chi connectivity index (χ4n) is 3.70. The Hall–Kier alpha value is -2.04. The smallest absolute Gasteiger partial charge is 0.317 e. The van der Waals surface area contributed by atoms with Gasteiger partial charge >= 0.3 is 12.0 Å². The molecule has 3 atom stereocenters. The van der Waals surface area contributed by atoms with Crippen LogP contribution in [0.25, 0.3) is 0 Å². The molecule has 0 saturated carbocycles. The fourth-order valence-corrected chi connectivity index (χ4v) is 3.70. The lowest BCUT2D eigenvalue weighted by molar-refractivity contribution is -0.148. The highest BCUT2D eigenvalue weighted by Crippen LogP contribution is 2.34. The predicted octanol–water partition coefficient (Wildman–Crippen LogP) is 2.17. The molecule has 3 rings (SSSR count). The average molecular weight is 316 g/mol. The van der Waals surface area contributed by atoms with Crippen molar-refractivity contribution < 1.29 is 14.3 Å². The highest BCUT2D eigenvalue weighted by atomic mass is 16.5. The van der Waals surface area contributed by atoms with Crippen LogP contribution in [-0.2, 0) is 16.0 Å². The van der Waals surface area contributed by atoms with Gasteiger partial charge in [0, 0.05) is 25.6 Å². The van der Waals surface area contributed by atoms with Gasteiger partial charge in [-0.05, 0) is 29.9 Å². The fraction of sp³-hybridized carbons (Fsp3) is 0.556. The number of esters is 1. The molecular weight excluding hydrogens is 292 g/mol. The van der Waals surface area contributed by atoms with Gasteiger partial charge in [0.15, 0.2) is 0 Å². The van der Waals surface area contributed by atoms with Crippen molar-refractivity contribution in [1.29, 1.82) is 0 Å². The van der Waals surface area contributed by atoms with Crippen molar-refractivity contribution in [3.63, 3.8) is 0 Å². The second-order valence-corrected chi connectivity index (χ2v) is 6.63. The molecule has 1 aromatic rings. The zero-order chi connectivity index (χ0) is 16.4. The minimum absolute atomic E-state index is 0.0236. The number of likely N-dealkylation sites (tertiary alicyclic amines) is 1. The topological polar surface area (TPSA) is 58.6 Å². The first-order valence-corrected chi connectivity index (χ1v) is 8.28. The molecule has 23 heavy (non-hydrogen) atoms. The summed E-state index contributed by atoms with van der Waals surface area (Å²) >= 11 is 0. The molecule has 1 N–H and O–H groups in total. The summed E-state index contributed by atoms with van der Waals surface area (Å²) in [5, 5.41) is 3.04. The number of amides is 2. The number of nitrogens with zero attached hydrogens (tertiary/aromatic N) is 1. The number of carbonyl (C=O) groups is 2. The average Bonchev–Trinajstić information content (AvgIpc) is 2.54. The number of hydrogen-bond acceptors (Lipinski definition) is 3. The predicted molar refractivity (Wildman–Crippen MR) is 87.1 cm³/mol. The first-order valence-electron chi connectivity index (χ1n) is 8.28. The first kappa shape index (κ1) is 15.8. The SMILES string of the molecule is COC(=O)[C@@H]1CCN(C(=O)NC[C@H]2Cc3ccccc32)C[C@H]1C. The number of carbonyl (C=O) groups excluding carboxylic acids is 2. The third-order valence-corrected chi connectivity index (χ3v) is 5.16. The first-order chi connectivity index (χ1) is 11.1. The lowest BCUT2D eigenvalue weighted by Gasteiger charge is -2.36. The number of methoxy groups -OCH3 is 1. The molecule has 5 heteroatoms. The summed E-state index contributed by atoms with van der Waals surface area (Å²) < 4.78 is 4.83. The zero-order valence-corrected chi connectivity index (χ0v) is 13.7. The van der Waals surface area contributed by atoms with Gasteiger partial charge in [0.1, 0.15) is 0 Å². The molecule has 1 aromatic carbocycles. The van der Waals surface area contributed by atoms with Crippen molar-refractivity contribution >= 4 is 12.0 Å². The Labute approximate surface area is 137 Å². The molecular formula is C18H24N2O3. The van der Waals surface area contributed by atoms with E-state index in [1.807, 2.05) is 17.9 Å². The molecule has 2 amide bonds. The maximum absolute atomic E-state index is 12.3. The van der Waals surface area contributed by atoms with Crippen LogP contribution < -0.4 is 5.32 Å². The molecule has 1 heterocycles. The molecule has 0 radical (unpaired) electrons. The minimum Gasteiger partial charge on any atom is -0.469 e. The van der Waals surface area contributed by atoms with Crippen LogP contribution in [0.5, 0.6) is 0 Å². The van der Waals surface area contributed by atoms with Crippen molar-refractivity contribution in [3.8, 4) is 0 Å². The van der Waals surface area contributed by atoms with Crippen molar-refractivity contribution in [2.45, 2.75) is 25.7 Å². The second-order valence-electron chi connectivity index (χ2n) is 6.63. The van der Waals surface area contributed by atoms with E-state index in [-0.39, 0.29) is 23.8 Å². The van der Waals surface area contributed by atoms with E-state index < -0.39 is 0 Å². The Morgan fingerprint density at radius 1 is 1.35 bits per heavy atom. The number of ether oxygens (including phenoxy) is 1. The van der Waals surface area contributed by atoms with Crippen molar-refractivity contribution in [2.75, 3.05) is 26.7 Å². The molecule has 0 aromatic heterocycles. The molecule has 124 valence electrons. The highest BCUT2D eigenvalue weighted by Gasteiger charge is 2.34. The Balaban J connectivity index is 1.48. The van der Waals surface area contributed by atoms with Crippen molar-refractivity contribution in [3.05, 3.63) is 35.4 Å². The van der Waals surface area contributed by atoms with Gasteiger partial charge in [-0.1, -0.05) is 31.2 Å². The number of rotatable bonds is 3. The Bertz CT molecular complexity index is 602. The third kappa shape index (κ3) is 3.19. The normalized spacial score (nSPS) is 26.0. The van der Waals surface area contributed by atoms with Crippen LogP contribution in [0.15, 0.2) is 24.3 Å². The van der Waals surface area contributed by atoms with Crippen molar-refractivity contribution in [2.24, 2.45) is 11.8 Å². The maximum atomic E-state index is 12.3. The molecule has 0 unspecified atom stereocenters. The largest absolute Gasteiger partial charge is 0.469 e. The standard InChI is InChI=1S/C18H24N2O3/c1-12-11-20(8-7-15(12)17(21)23-2)18(22)19-10-14-9-13-5-3-4-6-16(13)14/h3-6,12,14-15H,7-11H2,1-2H3,(H,19,22)/t12-,14-,15-/m1/s1. The van der Waals surface area contributed by atoms with Crippen LogP contribution in [-0.4, -0.2) is 43.6 Å². The van der Waals surface area contributed by atoms with Gasteiger partial charge in [-0.25, -0.2) is 4.79 Å². The van der Waals surface area contributed by atoms with Gasteiger partial charge in [0.2, 0.25) is 0 Å². The van der Waals surface area contributed by atoms with Gasteiger partial charge in [0.25, 0.3) is 0 Å². The summed E-state index contributed by atoms with van der Waals surface area (Å²) in [7, 11) is 1.42. The van der Waals surface area contributed by atoms with Crippen LogP contribution in [0.2, 0.25) is 0 Å². The van der Waals surface area contributed by atoms with Crippen LogP contribution in [0, 0.1) is 11.8 Å². The highest BCUT2D eigenvalue weighted by molar-refractivity contribution is 5.76. The number of piperidine rings is 1. The monoisotopic (exact) mass is 316 g/mol. The Kier molecular flexibility index (Phi) is 4.55. The molecule has 2 aliphatic rings. The van der Waals surface area contributed by atoms with Gasteiger partial charge < -0.3 is 15.0 Å². The molecule has 1 fully saturated rings. The lowest BCUT2D eigenvalue weighted by Crippen LogP contribution is -2.50. The van der Waals surface area contributed by atoms with Gasteiger partial charge in [-0.15, -0.1) is 0 Å². The van der Waals surface area contributed by atoms with Crippen molar-refractivity contribution in [1.82, 2.24) is 10.2 Å². The van der Waals surface area contributed by atoms with E-state index in [2.05, 4.69) is 23.5 Å². The molecule has 0 spiro atoms. The van der Waals surface area contributed by atoms with E-state index >= 15 is 0 Å². The van der Waals surface area contributed by atoms with E-state index in [0.29, 0.717) is 32.0 Å².